The van der Waals surface area contributed by atoms with E-state index in [9.17, 15) is 4.79 Å². The third kappa shape index (κ3) is 2.06. The normalized spacial score (nSPS) is 16.8. The van der Waals surface area contributed by atoms with Gasteiger partial charge in [0.15, 0.2) is 0 Å². The van der Waals surface area contributed by atoms with Gasteiger partial charge in [0.2, 0.25) is 5.91 Å². The molecule has 0 aliphatic carbocycles. The average molecular weight is 170 g/mol. The molecule has 0 unspecified atom stereocenters. The highest BCUT2D eigenvalue weighted by atomic mass is 16.3. The molecule has 0 saturated carbocycles. The molecule has 0 bridgehead atoms. The molecule has 4 heteroatoms. The van der Waals surface area contributed by atoms with Gasteiger partial charge in [-0.05, 0) is 0 Å². The Morgan fingerprint density at radius 1 is 1.58 bits per heavy atom. The average Bonchev–Trinajstić information content (AvgIpc) is 2.51. The molecule has 12 heavy (non-hydrogen) atoms. The van der Waals surface area contributed by atoms with E-state index < -0.39 is 0 Å². The number of nitrogens with zero attached hydrogens (tertiary/aromatic N) is 2. The molecule has 1 amide bonds. The number of hydrazine groups is 1. The van der Waals surface area contributed by atoms with Crippen LogP contribution in [-0.4, -0.2) is 47.3 Å². The van der Waals surface area contributed by atoms with Crippen molar-refractivity contribution in [3.05, 3.63) is 12.2 Å². The second kappa shape index (κ2) is 4.23. The zero-order chi connectivity index (χ0) is 8.97. The molecule has 1 heterocycles. The molecule has 0 aromatic heterocycles. The first kappa shape index (κ1) is 9.22. The zero-order valence-corrected chi connectivity index (χ0v) is 7.23. The molecule has 1 aliphatic rings. The van der Waals surface area contributed by atoms with E-state index in [4.69, 9.17) is 5.11 Å². The molecule has 0 atom stereocenters. The van der Waals surface area contributed by atoms with Crippen LogP contribution in [0.25, 0.3) is 0 Å². The van der Waals surface area contributed by atoms with Gasteiger partial charge in [-0.2, -0.15) is 0 Å². The summed E-state index contributed by atoms with van der Waals surface area (Å²) in [6, 6.07) is 0. The molecule has 0 radical (unpaired) electrons. The Bertz CT molecular complexity index is 183. The van der Waals surface area contributed by atoms with Crippen LogP contribution >= 0.6 is 0 Å². The number of amides is 1. The lowest BCUT2D eigenvalue weighted by molar-refractivity contribution is -0.145. The van der Waals surface area contributed by atoms with Crippen molar-refractivity contribution < 1.29 is 9.90 Å². The van der Waals surface area contributed by atoms with Gasteiger partial charge in [0, 0.05) is 20.0 Å². The highest BCUT2D eigenvalue weighted by molar-refractivity contribution is 5.72. The van der Waals surface area contributed by atoms with Gasteiger partial charge in [0.1, 0.15) is 0 Å². The monoisotopic (exact) mass is 170 g/mol. The third-order valence-electron chi connectivity index (χ3n) is 1.82. The quantitative estimate of drug-likeness (QED) is 0.587. The van der Waals surface area contributed by atoms with Crippen LogP contribution in [0.2, 0.25) is 0 Å². The largest absolute Gasteiger partial charge is 0.394 e. The fraction of sp³-hybridized carbons (Fsp3) is 0.625. The van der Waals surface area contributed by atoms with E-state index in [0.29, 0.717) is 6.54 Å². The van der Waals surface area contributed by atoms with Crippen LogP contribution in [0, 0.1) is 0 Å². The number of carbonyl (C=O) groups is 1. The lowest BCUT2D eigenvalue weighted by Gasteiger charge is -2.29. The molecule has 0 aromatic rings. The third-order valence-corrected chi connectivity index (χ3v) is 1.82. The minimum absolute atomic E-state index is 0.0100. The van der Waals surface area contributed by atoms with Crippen LogP contribution in [0.4, 0.5) is 0 Å². The summed E-state index contributed by atoms with van der Waals surface area (Å²) in [6.45, 7) is 3.43. The van der Waals surface area contributed by atoms with E-state index in [1.54, 1.807) is 5.01 Å². The van der Waals surface area contributed by atoms with E-state index in [0.717, 1.165) is 13.1 Å². The van der Waals surface area contributed by atoms with Gasteiger partial charge in [-0.1, -0.05) is 12.2 Å². The molecule has 4 nitrogen and oxygen atoms in total. The highest BCUT2D eigenvalue weighted by Crippen LogP contribution is 2.04. The van der Waals surface area contributed by atoms with Crippen molar-refractivity contribution >= 4 is 5.91 Å². The van der Waals surface area contributed by atoms with Crippen molar-refractivity contribution in [2.75, 3.05) is 26.2 Å². The van der Waals surface area contributed by atoms with E-state index >= 15 is 0 Å². The predicted octanol–water partition coefficient (Wildman–Crippen LogP) is -0.386. The fourth-order valence-electron chi connectivity index (χ4n) is 1.26. The predicted molar refractivity (Wildman–Crippen MR) is 45.2 cm³/mol. The molecule has 1 rings (SSSR count). The summed E-state index contributed by atoms with van der Waals surface area (Å²) in [6.07, 6.45) is 4.01. The molecule has 68 valence electrons. The molecule has 0 spiro atoms. The first-order valence-corrected chi connectivity index (χ1v) is 4.04. The van der Waals surface area contributed by atoms with Crippen LogP contribution in [0.5, 0.6) is 0 Å². The SMILES string of the molecule is CC(=O)N(CCO)N1CC=CC1. The van der Waals surface area contributed by atoms with Crippen LogP contribution in [0.15, 0.2) is 12.2 Å². The number of carbonyl (C=O) groups excluding carboxylic acids is 1. The van der Waals surface area contributed by atoms with Crippen molar-refractivity contribution in [1.29, 1.82) is 0 Å². The Morgan fingerprint density at radius 3 is 2.58 bits per heavy atom. The van der Waals surface area contributed by atoms with Crippen LogP contribution in [0.3, 0.4) is 0 Å². The molecule has 0 fully saturated rings. The lowest BCUT2D eigenvalue weighted by atomic mass is 10.5. The van der Waals surface area contributed by atoms with Gasteiger partial charge in [0.25, 0.3) is 0 Å². The number of hydrogen-bond acceptors (Lipinski definition) is 3. The Labute approximate surface area is 72.0 Å². The zero-order valence-electron chi connectivity index (χ0n) is 7.23. The maximum Gasteiger partial charge on any atom is 0.233 e. The van der Waals surface area contributed by atoms with E-state index in [1.807, 2.05) is 17.2 Å². The van der Waals surface area contributed by atoms with E-state index in [2.05, 4.69) is 0 Å². The van der Waals surface area contributed by atoms with Gasteiger partial charge >= 0.3 is 0 Å². The van der Waals surface area contributed by atoms with E-state index in [-0.39, 0.29) is 12.5 Å². The molecule has 0 aromatic carbocycles. The lowest BCUT2D eigenvalue weighted by Crippen LogP contribution is -2.45. The second-order valence-electron chi connectivity index (χ2n) is 2.71. The summed E-state index contributed by atoms with van der Waals surface area (Å²) < 4.78 is 0. The number of aliphatic hydroxyl groups excluding tert-OH is 1. The Balaban J connectivity index is 2.47. The molecule has 1 aliphatic heterocycles. The Hall–Kier alpha value is -0.870. The highest BCUT2D eigenvalue weighted by Gasteiger charge is 2.17. The fourth-order valence-corrected chi connectivity index (χ4v) is 1.26. The first-order valence-electron chi connectivity index (χ1n) is 4.04. The second-order valence-corrected chi connectivity index (χ2v) is 2.71. The standard InChI is InChI=1S/C8H14N2O2/c1-8(12)10(6-7-11)9-4-2-3-5-9/h2-3,11H,4-7H2,1H3. The summed E-state index contributed by atoms with van der Waals surface area (Å²) in [7, 11) is 0. The maximum absolute atomic E-state index is 11.1. The first-order chi connectivity index (χ1) is 5.75. The number of aliphatic hydroxyl groups is 1. The van der Waals surface area contributed by atoms with Crippen molar-refractivity contribution in [1.82, 2.24) is 10.0 Å². The van der Waals surface area contributed by atoms with Gasteiger partial charge in [0.05, 0.1) is 13.2 Å². The summed E-state index contributed by atoms with van der Waals surface area (Å²) in [4.78, 5) is 11.1. The van der Waals surface area contributed by atoms with Gasteiger partial charge in [-0.15, -0.1) is 0 Å². The van der Waals surface area contributed by atoms with Gasteiger partial charge < -0.3 is 5.11 Å². The minimum Gasteiger partial charge on any atom is -0.394 e. The molecular weight excluding hydrogens is 156 g/mol. The summed E-state index contributed by atoms with van der Waals surface area (Å²) in [5, 5.41) is 12.2. The van der Waals surface area contributed by atoms with Crippen molar-refractivity contribution in [3.63, 3.8) is 0 Å². The summed E-state index contributed by atoms with van der Waals surface area (Å²) in [5.41, 5.74) is 0. The van der Waals surface area contributed by atoms with Gasteiger partial charge in [-0.3, -0.25) is 9.80 Å². The minimum atomic E-state index is -0.0206. The molecule has 0 saturated heterocycles. The molecular formula is C8H14N2O2. The topological polar surface area (TPSA) is 43.8 Å². The van der Waals surface area contributed by atoms with Crippen LogP contribution in [-0.2, 0) is 4.79 Å². The van der Waals surface area contributed by atoms with Crippen molar-refractivity contribution in [2.24, 2.45) is 0 Å². The van der Waals surface area contributed by atoms with Crippen LogP contribution in [0.1, 0.15) is 6.92 Å². The molecule has 1 N–H and O–H groups in total. The summed E-state index contributed by atoms with van der Waals surface area (Å²) >= 11 is 0. The smallest absolute Gasteiger partial charge is 0.233 e. The van der Waals surface area contributed by atoms with Crippen molar-refractivity contribution in [3.8, 4) is 0 Å². The van der Waals surface area contributed by atoms with E-state index in [1.165, 1.54) is 6.92 Å². The number of rotatable bonds is 3. The maximum atomic E-state index is 11.1. The Morgan fingerprint density at radius 2 is 2.17 bits per heavy atom. The summed E-state index contributed by atoms with van der Waals surface area (Å²) in [5.74, 6) is -0.0206. The van der Waals surface area contributed by atoms with Gasteiger partial charge in [-0.25, -0.2) is 5.01 Å². The number of hydrogen-bond donors (Lipinski definition) is 1. The van der Waals surface area contributed by atoms with Crippen LogP contribution < -0.4 is 0 Å². The van der Waals surface area contributed by atoms with Crippen molar-refractivity contribution in [2.45, 2.75) is 6.92 Å². The Kier molecular flexibility index (Phi) is 3.25.